The Morgan fingerprint density at radius 1 is 1.03 bits per heavy atom. The zero-order chi connectivity index (χ0) is 23.0. The van der Waals surface area contributed by atoms with Gasteiger partial charge in [-0.05, 0) is 61.0 Å². The van der Waals surface area contributed by atoms with Crippen molar-refractivity contribution in [2.45, 2.75) is 19.6 Å². The van der Waals surface area contributed by atoms with Gasteiger partial charge in [0.05, 0.1) is 18.7 Å². The zero-order valence-corrected chi connectivity index (χ0v) is 17.3. The molecule has 3 aromatic rings. The third kappa shape index (κ3) is 6.90. The van der Waals surface area contributed by atoms with Crippen molar-refractivity contribution < 1.29 is 27.4 Å². The third-order valence-electron chi connectivity index (χ3n) is 4.29. The molecule has 0 bridgehead atoms. The molecule has 3 rings (SSSR count). The van der Waals surface area contributed by atoms with Crippen molar-refractivity contribution in [1.29, 1.82) is 0 Å². The lowest BCUT2D eigenvalue weighted by molar-refractivity contribution is -0.137. The van der Waals surface area contributed by atoms with Gasteiger partial charge in [0.2, 0.25) is 11.8 Å². The van der Waals surface area contributed by atoms with E-state index in [-0.39, 0.29) is 24.7 Å². The van der Waals surface area contributed by atoms with Crippen LogP contribution >= 0.6 is 0 Å². The summed E-state index contributed by atoms with van der Waals surface area (Å²) in [5.74, 6) is 1.33. The number of ether oxygens (including phenoxy) is 2. The lowest BCUT2D eigenvalue weighted by atomic mass is 10.2. The van der Waals surface area contributed by atoms with Gasteiger partial charge in [-0.1, -0.05) is 6.07 Å². The number of pyridine rings is 1. The van der Waals surface area contributed by atoms with Crippen molar-refractivity contribution >= 4 is 11.6 Å². The molecule has 0 spiro atoms. The monoisotopic (exact) mass is 445 g/mol. The molecule has 0 aliphatic carbocycles. The van der Waals surface area contributed by atoms with E-state index in [1.54, 1.807) is 42.6 Å². The molecular formula is C23H22F3N3O3. The van der Waals surface area contributed by atoms with E-state index >= 15 is 0 Å². The van der Waals surface area contributed by atoms with Crippen LogP contribution in [-0.2, 0) is 17.5 Å². The fourth-order valence-electron chi connectivity index (χ4n) is 2.76. The van der Waals surface area contributed by atoms with Gasteiger partial charge in [0.1, 0.15) is 11.5 Å². The number of halogens is 3. The van der Waals surface area contributed by atoms with Gasteiger partial charge in [-0.25, -0.2) is 4.98 Å². The largest absolute Gasteiger partial charge is 0.494 e. The molecule has 2 N–H and O–H groups in total. The molecule has 168 valence electrons. The molecule has 0 radical (unpaired) electrons. The van der Waals surface area contributed by atoms with E-state index in [1.807, 2.05) is 6.92 Å². The van der Waals surface area contributed by atoms with Crippen molar-refractivity contribution in [2.75, 3.05) is 18.5 Å². The molecule has 6 nitrogen and oxygen atoms in total. The molecule has 0 saturated carbocycles. The molecule has 9 heteroatoms. The predicted octanol–water partition coefficient (Wildman–Crippen LogP) is 5.02. The second-order valence-corrected chi connectivity index (χ2v) is 6.72. The van der Waals surface area contributed by atoms with E-state index in [2.05, 4.69) is 15.6 Å². The Labute approximate surface area is 183 Å². The Kier molecular flexibility index (Phi) is 7.54. The minimum atomic E-state index is -4.44. The number of carbonyl (C=O) groups excluding carboxylic acids is 1. The molecule has 2 aromatic carbocycles. The van der Waals surface area contributed by atoms with Gasteiger partial charge in [0, 0.05) is 24.5 Å². The van der Waals surface area contributed by atoms with Crippen molar-refractivity contribution in [2.24, 2.45) is 0 Å². The maximum Gasteiger partial charge on any atom is 0.416 e. The first-order chi connectivity index (χ1) is 15.3. The topological polar surface area (TPSA) is 72.5 Å². The number of hydrogen-bond donors (Lipinski definition) is 2. The number of carbonyl (C=O) groups is 1. The second kappa shape index (κ2) is 10.5. The van der Waals surface area contributed by atoms with Gasteiger partial charge in [0.15, 0.2) is 0 Å². The molecule has 1 heterocycles. The molecule has 0 fully saturated rings. The van der Waals surface area contributed by atoms with E-state index in [0.29, 0.717) is 18.2 Å². The maximum absolute atomic E-state index is 12.8. The van der Waals surface area contributed by atoms with E-state index in [0.717, 1.165) is 23.4 Å². The van der Waals surface area contributed by atoms with Gasteiger partial charge in [-0.3, -0.25) is 4.79 Å². The summed E-state index contributed by atoms with van der Waals surface area (Å²) in [6.45, 7) is 2.53. The lowest BCUT2D eigenvalue weighted by Crippen LogP contribution is -2.29. The predicted molar refractivity (Wildman–Crippen MR) is 114 cm³/mol. The highest BCUT2D eigenvalue weighted by molar-refractivity contribution is 5.80. The second-order valence-electron chi connectivity index (χ2n) is 6.72. The minimum absolute atomic E-state index is 0.165. The zero-order valence-electron chi connectivity index (χ0n) is 17.3. The first-order valence-electron chi connectivity index (χ1n) is 9.87. The summed E-state index contributed by atoms with van der Waals surface area (Å²) in [6.07, 6.45) is -2.88. The quantitative estimate of drug-likeness (QED) is 0.484. The van der Waals surface area contributed by atoms with Gasteiger partial charge in [0.25, 0.3) is 0 Å². The van der Waals surface area contributed by atoms with Gasteiger partial charge in [-0.15, -0.1) is 0 Å². The normalized spacial score (nSPS) is 11.0. The highest BCUT2D eigenvalue weighted by atomic mass is 19.4. The number of rotatable bonds is 9. The Bertz CT molecular complexity index is 1040. The first kappa shape index (κ1) is 22.9. The van der Waals surface area contributed by atoms with Crippen LogP contribution in [0.5, 0.6) is 17.4 Å². The lowest BCUT2D eigenvalue weighted by Gasteiger charge is -2.11. The number of hydrogen-bond acceptors (Lipinski definition) is 5. The van der Waals surface area contributed by atoms with Crippen molar-refractivity contribution in [1.82, 2.24) is 10.3 Å². The smallest absolute Gasteiger partial charge is 0.416 e. The van der Waals surface area contributed by atoms with Crippen LogP contribution in [0, 0.1) is 0 Å². The Morgan fingerprint density at radius 2 is 1.78 bits per heavy atom. The number of nitrogens with one attached hydrogen (secondary N) is 2. The molecule has 32 heavy (non-hydrogen) atoms. The summed E-state index contributed by atoms with van der Waals surface area (Å²) in [5.41, 5.74) is 0.193. The summed E-state index contributed by atoms with van der Waals surface area (Å²) in [5, 5.41) is 5.39. The van der Waals surface area contributed by atoms with Crippen LogP contribution in [0.4, 0.5) is 18.9 Å². The molecule has 0 atom stereocenters. The van der Waals surface area contributed by atoms with E-state index < -0.39 is 11.7 Å². The van der Waals surface area contributed by atoms with Crippen LogP contribution in [0.25, 0.3) is 0 Å². The van der Waals surface area contributed by atoms with E-state index in [4.69, 9.17) is 9.47 Å². The summed E-state index contributed by atoms with van der Waals surface area (Å²) in [6, 6.07) is 15.2. The number of benzene rings is 2. The first-order valence-corrected chi connectivity index (χ1v) is 9.87. The van der Waals surface area contributed by atoms with Crippen molar-refractivity contribution in [3.63, 3.8) is 0 Å². The number of aromatic nitrogens is 1. The number of nitrogens with zero attached hydrogens (tertiary/aromatic N) is 1. The summed E-state index contributed by atoms with van der Waals surface area (Å²) >= 11 is 0. The molecule has 1 aromatic heterocycles. The standard InChI is InChI=1S/C23H22F3N3O3/c1-2-31-19-6-8-20(9-7-19)32-22-12-16(10-11-27-22)14-29-21(30)15-28-18-5-3-4-17(13-18)23(24,25)26/h3-13,28H,2,14-15H2,1H3,(H,29,30). The van der Waals surface area contributed by atoms with Crippen LogP contribution < -0.4 is 20.1 Å². The Balaban J connectivity index is 1.50. The van der Waals surface area contributed by atoms with Crippen molar-refractivity contribution in [3.05, 3.63) is 78.0 Å². The van der Waals surface area contributed by atoms with Crippen LogP contribution in [0.1, 0.15) is 18.1 Å². The fraction of sp³-hybridized carbons (Fsp3) is 0.217. The molecule has 0 saturated heterocycles. The average molecular weight is 445 g/mol. The van der Waals surface area contributed by atoms with Crippen molar-refractivity contribution in [3.8, 4) is 17.4 Å². The fourth-order valence-corrected chi connectivity index (χ4v) is 2.76. The van der Waals surface area contributed by atoms with E-state index in [9.17, 15) is 18.0 Å². The SMILES string of the molecule is CCOc1ccc(Oc2cc(CNC(=O)CNc3cccc(C(F)(F)F)c3)ccn2)cc1. The van der Waals surface area contributed by atoms with Crippen LogP contribution in [0.2, 0.25) is 0 Å². The Morgan fingerprint density at radius 3 is 2.50 bits per heavy atom. The summed E-state index contributed by atoms with van der Waals surface area (Å²) in [4.78, 5) is 16.2. The number of alkyl halides is 3. The van der Waals surface area contributed by atoms with E-state index in [1.165, 1.54) is 12.1 Å². The van der Waals surface area contributed by atoms with Gasteiger partial charge in [-0.2, -0.15) is 13.2 Å². The molecule has 0 aliphatic rings. The number of amides is 1. The Hall–Kier alpha value is -3.75. The molecule has 0 unspecified atom stereocenters. The molecule has 0 aliphatic heterocycles. The van der Waals surface area contributed by atoms with Crippen LogP contribution in [0.3, 0.4) is 0 Å². The molecule has 1 amide bonds. The summed E-state index contributed by atoms with van der Waals surface area (Å²) < 4.78 is 49.4. The van der Waals surface area contributed by atoms with Gasteiger partial charge >= 0.3 is 6.18 Å². The van der Waals surface area contributed by atoms with Crippen LogP contribution in [-0.4, -0.2) is 24.0 Å². The van der Waals surface area contributed by atoms with Crippen LogP contribution in [0.15, 0.2) is 66.9 Å². The average Bonchev–Trinajstić information content (AvgIpc) is 2.78. The minimum Gasteiger partial charge on any atom is -0.494 e. The highest BCUT2D eigenvalue weighted by Gasteiger charge is 2.30. The third-order valence-corrected chi connectivity index (χ3v) is 4.29. The highest BCUT2D eigenvalue weighted by Crippen LogP contribution is 2.30. The summed E-state index contributed by atoms with van der Waals surface area (Å²) in [7, 11) is 0. The maximum atomic E-state index is 12.8. The molecular weight excluding hydrogens is 423 g/mol. The van der Waals surface area contributed by atoms with Gasteiger partial charge < -0.3 is 20.1 Å². The number of anilines is 1.